The first-order valence-corrected chi connectivity index (χ1v) is 9.86. The zero-order valence-corrected chi connectivity index (χ0v) is 17.2. The van der Waals surface area contributed by atoms with Crippen LogP contribution in [0.2, 0.25) is 0 Å². The molecule has 0 radical (unpaired) electrons. The van der Waals surface area contributed by atoms with Gasteiger partial charge in [-0.15, -0.1) is 0 Å². The topological polar surface area (TPSA) is 47.5 Å². The number of benzene rings is 1. The average Bonchev–Trinajstić information content (AvgIpc) is 2.63. The van der Waals surface area contributed by atoms with E-state index in [9.17, 15) is 0 Å². The maximum Gasteiger partial charge on any atom is 0.133 e. The van der Waals surface area contributed by atoms with Crippen molar-refractivity contribution in [3.63, 3.8) is 0 Å². The molecule has 0 fully saturated rings. The third-order valence-electron chi connectivity index (χ3n) is 4.72. The monoisotopic (exact) mass is 369 g/mol. The van der Waals surface area contributed by atoms with Gasteiger partial charge in [0.15, 0.2) is 0 Å². The van der Waals surface area contributed by atoms with Crippen LogP contribution in [-0.4, -0.2) is 34.6 Å². The fraction of sp³-hybridized carbons (Fsp3) is 0.545. The third-order valence-corrected chi connectivity index (χ3v) is 4.72. The molecule has 27 heavy (non-hydrogen) atoms. The standard InChI is InChI=1S/C22H31N3O2/c1-6-26-18-8-9-20(27-7-2)16(12-18)14-25-11-10-19-17(15-25)13-23-21(24-19)22(3,4)5/h8-9,12-13H,6-7,10-11,14-15H2,1-5H3. The lowest BCUT2D eigenvalue weighted by Crippen LogP contribution is -2.32. The number of aromatic nitrogens is 2. The van der Waals surface area contributed by atoms with Crippen LogP contribution in [-0.2, 0) is 24.9 Å². The predicted molar refractivity (Wildman–Crippen MR) is 107 cm³/mol. The van der Waals surface area contributed by atoms with Crippen molar-refractivity contribution in [2.45, 2.75) is 59.5 Å². The second kappa shape index (κ2) is 8.26. The van der Waals surface area contributed by atoms with Gasteiger partial charge in [-0.2, -0.15) is 0 Å². The number of ether oxygens (including phenoxy) is 2. The Balaban J connectivity index is 1.77. The van der Waals surface area contributed by atoms with E-state index in [0.29, 0.717) is 13.2 Å². The highest BCUT2D eigenvalue weighted by molar-refractivity contribution is 5.40. The molecule has 2 aromatic rings. The van der Waals surface area contributed by atoms with Crippen molar-refractivity contribution < 1.29 is 9.47 Å². The molecule has 0 saturated heterocycles. The van der Waals surface area contributed by atoms with Crippen LogP contribution >= 0.6 is 0 Å². The molecule has 0 amide bonds. The molecule has 1 aromatic carbocycles. The van der Waals surface area contributed by atoms with E-state index in [1.165, 1.54) is 16.8 Å². The first-order valence-electron chi connectivity index (χ1n) is 9.86. The average molecular weight is 370 g/mol. The van der Waals surface area contributed by atoms with Crippen LogP contribution in [0.3, 0.4) is 0 Å². The molecular weight excluding hydrogens is 338 g/mol. The lowest BCUT2D eigenvalue weighted by atomic mass is 9.95. The molecule has 3 rings (SSSR count). The Bertz CT molecular complexity index is 784. The van der Waals surface area contributed by atoms with Gasteiger partial charge in [-0.1, -0.05) is 20.8 Å². The molecule has 0 unspecified atom stereocenters. The quantitative estimate of drug-likeness (QED) is 0.766. The van der Waals surface area contributed by atoms with E-state index in [1.807, 2.05) is 32.2 Å². The summed E-state index contributed by atoms with van der Waals surface area (Å²) in [6, 6.07) is 6.09. The minimum atomic E-state index is -0.0156. The molecule has 1 aliphatic rings. The largest absolute Gasteiger partial charge is 0.494 e. The van der Waals surface area contributed by atoms with Gasteiger partial charge in [0.1, 0.15) is 17.3 Å². The van der Waals surface area contributed by atoms with Crippen LogP contribution < -0.4 is 9.47 Å². The highest BCUT2D eigenvalue weighted by Crippen LogP contribution is 2.28. The van der Waals surface area contributed by atoms with E-state index in [2.05, 4.69) is 36.7 Å². The second-order valence-corrected chi connectivity index (χ2v) is 8.01. The molecule has 1 aromatic heterocycles. The molecule has 0 aliphatic carbocycles. The fourth-order valence-corrected chi connectivity index (χ4v) is 3.34. The maximum atomic E-state index is 5.83. The third kappa shape index (κ3) is 4.78. The van der Waals surface area contributed by atoms with Crippen LogP contribution in [0.15, 0.2) is 24.4 Å². The van der Waals surface area contributed by atoms with Crippen molar-refractivity contribution in [1.82, 2.24) is 14.9 Å². The Morgan fingerprint density at radius 2 is 1.89 bits per heavy atom. The van der Waals surface area contributed by atoms with Gasteiger partial charge < -0.3 is 9.47 Å². The van der Waals surface area contributed by atoms with E-state index >= 15 is 0 Å². The van der Waals surface area contributed by atoms with Crippen LogP contribution in [0.4, 0.5) is 0 Å². The summed E-state index contributed by atoms with van der Waals surface area (Å²) in [6.07, 6.45) is 2.96. The van der Waals surface area contributed by atoms with E-state index in [-0.39, 0.29) is 5.41 Å². The minimum Gasteiger partial charge on any atom is -0.494 e. The lowest BCUT2D eigenvalue weighted by Gasteiger charge is -2.29. The molecule has 146 valence electrons. The second-order valence-electron chi connectivity index (χ2n) is 8.01. The van der Waals surface area contributed by atoms with Crippen molar-refractivity contribution in [3.8, 4) is 11.5 Å². The molecule has 2 heterocycles. The van der Waals surface area contributed by atoms with Crippen molar-refractivity contribution in [2.75, 3.05) is 19.8 Å². The van der Waals surface area contributed by atoms with Crippen molar-refractivity contribution in [1.29, 1.82) is 0 Å². The van der Waals surface area contributed by atoms with Gasteiger partial charge in [-0.25, -0.2) is 9.97 Å². The van der Waals surface area contributed by atoms with E-state index in [0.717, 1.165) is 43.4 Å². The number of hydrogen-bond acceptors (Lipinski definition) is 5. The predicted octanol–water partition coefficient (Wildman–Crippen LogP) is 4.13. The normalized spacial score (nSPS) is 14.7. The SMILES string of the molecule is CCOc1ccc(OCC)c(CN2CCc3nc(C(C)(C)C)ncc3C2)c1. The number of hydrogen-bond donors (Lipinski definition) is 0. The number of nitrogens with zero attached hydrogens (tertiary/aromatic N) is 3. The number of fused-ring (bicyclic) bond motifs is 1. The Hall–Kier alpha value is -2.14. The first kappa shape index (κ1) is 19.6. The summed E-state index contributed by atoms with van der Waals surface area (Å²) < 4.78 is 11.5. The molecule has 0 N–H and O–H groups in total. The van der Waals surface area contributed by atoms with Gasteiger partial charge >= 0.3 is 0 Å². The van der Waals surface area contributed by atoms with Crippen LogP contribution in [0, 0.1) is 0 Å². The summed E-state index contributed by atoms with van der Waals surface area (Å²) in [5.41, 5.74) is 3.57. The molecule has 0 bridgehead atoms. The van der Waals surface area contributed by atoms with Gasteiger partial charge in [0.05, 0.1) is 13.2 Å². The van der Waals surface area contributed by atoms with E-state index < -0.39 is 0 Å². The lowest BCUT2D eigenvalue weighted by molar-refractivity contribution is 0.235. The summed E-state index contributed by atoms with van der Waals surface area (Å²) >= 11 is 0. The summed E-state index contributed by atoms with van der Waals surface area (Å²) in [6.45, 7) is 14.5. The molecule has 0 saturated carbocycles. The van der Waals surface area contributed by atoms with Gasteiger partial charge in [0.25, 0.3) is 0 Å². The fourth-order valence-electron chi connectivity index (χ4n) is 3.34. The summed E-state index contributed by atoms with van der Waals surface area (Å²) in [4.78, 5) is 11.9. The molecule has 1 aliphatic heterocycles. The van der Waals surface area contributed by atoms with Gasteiger partial charge in [0.2, 0.25) is 0 Å². The molecule has 5 heteroatoms. The van der Waals surface area contributed by atoms with Crippen molar-refractivity contribution >= 4 is 0 Å². The zero-order chi connectivity index (χ0) is 19.4. The van der Waals surface area contributed by atoms with Gasteiger partial charge in [0, 0.05) is 54.5 Å². The highest BCUT2D eigenvalue weighted by atomic mass is 16.5. The van der Waals surface area contributed by atoms with Crippen LogP contribution in [0.1, 0.15) is 57.3 Å². The summed E-state index contributed by atoms with van der Waals surface area (Å²) in [5, 5.41) is 0. The molecule has 0 atom stereocenters. The Morgan fingerprint density at radius 1 is 1.11 bits per heavy atom. The summed E-state index contributed by atoms with van der Waals surface area (Å²) in [5.74, 6) is 2.76. The first-order chi connectivity index (χ1) is 12.9. The summed E-state index contributed by atoms with van der Waals surface area (Å²) in [7, 11) is 0. The van der Waals surface area contributed by atoms with Crippen molar-refractivity contribution in [2.24, 2.45) is 0 Å². The zero-order valence-electron chi connectivity index (χ0n) is 17.2. The van der Waals surface area contributed by atoms with E-state index in [1.54, 1.807) is 0 Å². The smallest absolute Gasteiger partial charge is 0.133 e. The maximum absolute atomic E-state index is 5.83. The Labute approximate surface area is 162 Å². The molecular formula is C22H31N3O2. The highest BCUT2D eigenvalue weighted by Gasteiger charge is 2.23. The van der Waals surface area contributed by atoms with Crippen LogP contribution in [0.5, 0.6) is 11.5 Å². The minimum absolute atomic E-state index is 0.0156. The molecule has 0 spiro atoms. The van der Waals surface area contributed by atoms with E-state index in [4.69, 9.17) is 14.5 Å². The molecule has 5 nitrogen and oxygen atoms in total. The number of rotatable bonds is 6. The van der Waals surface area contributed by atoms with Gasteiger partial charge in [-0.05, 0) is 32.0 Å². The Kier molecular flexibility index (Phi) is 6.00. The Morgan fingerprint density at radius 3 is 2.59 bits per heavy atom. The van der Waals surface area contributed by atoms with Gasteiger partial charge in [-0.3, -0.25) is 4.90 Å². The van der Waals surface area contributed by atoms with Crippen molar-refractivity contribution in [3.05, 3.63) is 47.0 Å². The van der Waals surface area contributed by atoms with Crippen LogP contribution in [0.25, 0.3) is 0 Å².